The van der Waals surface area contributed by atoms with Crippen molar-refractivity contribution in [3.05, 3.63) is 34.7 Å². The maximum atomic E-state index is 12.2. The Morgan fingerprint density at radius 2 is 1.88 bits per heavy atom. The van der Waals surface area contributed by atoms with E-state index in [2.05, 4.69) is 10.5 Å². The first-order chi connectivity index (χ1) is 11.5. The summed E-state index contributed by atoms with van der Waals surface area (Å²) in [4.78, 5) is 12.2. The summed E-state index contributed by atoms with van der Waals surface area (Å²) in [5, 5.41) is 6.83. The molecule has 1 N–H and O–H groups in total. The number of ether oxygens (including phenoxy) is 2. The average molecular weight is 350 g/mol. The van der Waals surface area contributed by atoms with E-state index in [0.717, 1.165) is 28.3 Å². The first-order valence-electron chi connectivity index (χ1n) is 7.48. The largest absolute Gasteiger partial charge is 0.493 e. The minimum absolute atomic E-state index is 0.0675. The van der Waals surface area contributed by atoms with Gasteiger partial charge in [-0.25, -0.2) is 0 Å². The predicted molar refractivity (Wildman–Crippen MR) is 95.1 cm³/mol. The monoisotopic (exact) mass is 350 g/mol. The van der Waals surface area contributed by atoms with Gasteiger partial charge in [0, 0.05) is 23.1 Å². The fourth-order valence-electron chi connectivity index (χ4n) is 2.26. The van der Waals surface area contributed by atoms with Gasteiger partial charge in [0.25, 0.3) is 0 Å². The summed E-state index contributed by atoms with van der Waals surface area (Å²) in [6, 6.07) is 3.61. The minimum atomic E-state index is -0.0675. The van der Waals surface area contributed by atoms with Crippen LogP contribution in [0.4, 0.5) is 5.69 Å². The Morgan fingerprint density at radius 1 is 1.21 bits per heavy atom. The Kier molecular flexibility index (Phi) is 6.14. The van der Waals surface area contributed by atoms with Crippen molar-refractivity contribution in [1.29, 1.82) is 0 Å². The summed E-state index contributed by atoms with van der Waals surface area (Å²) >= 11 is 1.52. The lowest BCUT2D eigenvalue weighted by Crippen LogP contribution is -2.15. The maximum Gasteiger partial charge on any atom is 0.234 e. The number of carbonyl (C=O) groups excluding carboxylic acids is 1. The highest BCUT2D eigenvalue weighted by atomic mass is 32.2. The number of methoxy groups -OCH3 is 2. The van der Waals surface area contributed by atoms with E-state index in [0.29, 0.717) is 23.0 Å². The van der Waals surface area contributed by atoms with Crippen LogP contribution in [0.3, 0.4) is 0 Å². The number of nitrogens with one attached hydrogen (secondary N) is 1. The van der Waals surface area contributed by atoms with Crippen molar-refractivity contribution < 1.29 is 18.8 Å². The molecule has 0 aliphatic heterocycles. The van der Waals surface area contributed by atoms with Gasteiger partial charge in [0.15, 0.2) is 11.5 Å². The zero-order chi connectivity index (χ0) is 17.7. The number of anilines is 1. The molecule has 2 rings (SSSR count). The van der Waals surface area contributed by atoms with Gasteiger partial charge in [-0.05, 0) is 32.4 Å². The van der Waals surface area contributed by atoms with Crippen molar-refractivity contribution in [2.24, 2.45) is 0 Å². The third kappa shape index (κ3) is 4.23. The first kappa shape index (κ1) is 18.2. The maximum absolute atomic E-state index is 12.2. The van der Waals surface area contributed by atoms with Gasteiger partial charge in [-0.1, -0.05) is 5.16 Å². The van der Waals surface area contributed by atoms with Crippen LogP contribution in [0, 0.1) is 20.8 Å². The van der Waals surface area contributed by atoms with Crippen LogP contribution in [0.2, 0.25) is 0 Å². The van der Waals surface area contributed by atoms with Crippen molar-refractivity contribution in [2.45, 2.75) is 26.5 Å². The lowest BCUT2D eigenvalue weighted by Gasteiger charge is -2.13. The molecule has 2 aromatic rings. The van der Waals surface area contributed by atoms with Crippen molar-refractivity contribution in [1.82, 2.24) is 5.16 Å². The van der Waals surface area contributed by atoms with Crippen molar-refractivity contribution in [2.75, 3.05) is 25.3 Å². The van der Waals surface area contributed by atoms with Crippen molar-refractivity contribution in [3.63, 3.8) is 0 Å². The summed E-state index contributed by atoms with van der Waals surface area (Å²) in [5.74, 6) is 3.00. The summed E-state index contributed by atoms with van der Waals surface area (Å²) in [5.41, 5.74) is 3.55. The smallest absolute Gasteiger partial charge is 0.234 e. The zero-order valence-corrected chi connectivity index (χ0v) is 15.4. The molecular weight excluding hydrogens is 328 g/mol. The van der Waals surface area contributed by atoms with Gasteiger partial charge in [-0.15, -0.1) is 11.8 Å². The molecule has 1 heterocycles. The SMILES string of the molecule is COc1cc(C)c(NC(=O)CSCc2c(C)noc2C)cc1OC. The second-order valence-corrected chi connectivity index (χ2v) is 6.35. The van der Waals surface area contributed by atoms with E-state index < -0.39 is 0 Å². The number of aromatic nitrogens is 1. The van der Waals surface area contributed by atoms with E-state index >= 15 is 0 Å². The second-order valence-electron chi connectivity index (χ2n) is 5.37. The predicted octanol–water partition coefficient (Wildman–Crippen LogP) is 3.49. The van der Waals surface area contributed by atoms with Crippen LogP contribution < -0.4 is 14.8 Å². The van der Waals surface area contributed by atoms with Crippen molar-refractivity contribution in [3.8, 4) is 11.5 Å². The molecule has 0 saturated heterocycles. The highest BCUT2D eigenvalue weighted by molar-refractivity contribution is 7.99. The van der Waals surface area contributed by atoms with Gasteiger partial charge in [0.1, 0.15) is 5.76 Å². The number of hydrogen-bond acceptors (Lipinski definition) is 6. The fourth-order valence-corrected chi connectivity index (χ4v) is 3.23. The zero-order valence-electron chi connectivity index (χ0n) is 14.6. The molecule has 7 heteroatoms. The molecule has 0 fully saturated rings. The number of benzene rings is 1. The third-order valence-corrected chi connectivity index (χ3v) is 4.62. The molecule has 0 aliphatic rings. The molecule has 0 saturated carbocycles. The normalized spacial score (nSPS) is 10.5. The molecular formula is C17H22N2O4S. The van der Waals surface area contributed by atoms with Crippen LogP contribution in [0.25, 0.3) is 0 Å². The second kappa shape index (κ2) is 8.10. The van der Waals surface area contributed by atoms with Gasteiger partial charge in [0.2, 0.25) is 5.91 Å². The van der Waals surface area contributed by atoms with Crippen LogP contribution in [-0.2, 0) is 10.5 Å². The molecule has 1 aromatic heterocycles. The van der Waals surface area contributed by atoms with E-state index in [1.54, 1.807) is 20.3 Å². The Balaban J connectivity index is 1.95. The van der Waals surface area contributed by atoms with E-state index in [1.165, 1.54) is 11.8 Å². The molecule has 24 heavy (non-hydrogen) atoms. The van der Waals surface area contributed by atoms with Crippen LogP contribution in [0.5, 0.6) is 11.5 Å². The van der Waals surface area contributed by atoms with Crippen LogP contribution in [0.1, 0.15) is 22.6 Å². The molecule has 0 aliphatic carbocycles. The van der Waals surface area contributed by atoms with E-state index in [9.17, 15) is 4.79 Å². The topological polar surface area (TPSA) is 73.6 Å². The van der Waals surface area contributed by atoms with Crippen molar-refractivity contribution >= 4 is 23.4 Å². The Labute approximate surface area is 145 Å². The summed E-state index contributed by atoms with van der Waals surface area (Å²) in [6.07, 6.45) is 0. The molecule has 0 atom stereocenters. The molecule has 0 spiro atoms. The summed E-state index contributed by atoms with van der Waals surface area (Å²) in [7, 11) is 3.15. The lowest BCUT2D eigenvalue weighted by atomic mass is 10.1. The van der Waals surface area contributed by atoms with Gasteiger partial charge in [-0.2, -0.15) is 0 Å². The van der Waals surface area contributed by atoms with Gasteiger partial charge < -0.3 is 19.3 Å². The quantitative estimate of drug-likeness (QED) is 0.824. The number of hydrogen-bond donors (Lipinski definition) is 1. The molecule has 0 radical (unpaired) electrons. The Bertz CT molecular complexity index is 708. The fraction of sp³-hybridized carbons (Fsp3) is 0.412. The van der Waals surface area contributed by atoms with Gasteiger partial charge >= 0.3 is 0 Å². The standard InChI is InChI=1S/C17H22N2O4S/c1-10-6-15(21-4)16(22-5)7-14(10)18-17(20)9-24-8-13-11(2)19-23-12(13)3/h6-7H,8-9H2,1-5H3,(H,18,20). The minimum Gasteiger partial charge on any atom is -0.493 e. The number of rotatable bonds is 7. The number of nitrogens with zero attached hydrogens (tertiary/aromatic N) is 1. The number of aryl methyl sites for hydroxylation is 3. The van der Waals surface area contributed by atoms with Crippen LogP contribution in [-0.4, -0.2) is 31.0 Å². The van der Waals surface area contributed by atoms with Gasteiger partial charge in [0.05, 0.1) is 25.7 Å². The van der Waals surface area contributed by atoms with Crippen LogP contribution >= 0.6 is 11.8 Å². The average Bonchev–Trinajstić information content (AvgIpc) is 2.88. The molecule has 6 nitrogen and oxygen atoms in total. The highest BCUT2D eigenvalue weighted by Gasteiger charge is 2.13. The lowest BCUT2D eigenvalue weighted by molar-refractivity contribution is -0.113. The van der Waals surface area contributed by atoms with Gasteiger partial charge in [-0.3, -0.25) is 4.79 Å². The highest BCUT2D eigenvalue weighted by Crippen LogP contribution is 2.33. The van der Waals surface area contributed by atoms with E-state index in [1.807, 2.05) is 26.8 Å². The molecule has 0 unspecified atom stereocenters. The number of thioether (sulfide) groups is 1. The van der Waals surface area contributed by atoms with E-state index in [-0.39, 0.29) is 5.91 Å². The van der Waals surface area contributed by atoms with E-state index in [4.69, 9.17) is 14.0 Å². The van der Waals surface area contributed by atoms with Crippen LogP contribution in [0.15, 0.2) is 16.7 Å². The third-order valence-electron chi connectivity index (χ3n) is 3.67. The molecule has 130 valence electrons. The summed E-state index contributed by atoms with van der Waals surface area (Å²) in [6.45, 7) is 5.69. The Hall–Kier alpha value is -2.15. The molecule has 1 amide bonds. The number of amides is 1. The molecule has 1 aromatic carbocycles. The summed E-state index contributed by atoms with van der Waals surface area (Å²) < 4.78 is 15.6. The first-order valence-corrected chi connectivity index (χ1v) is 8.63. The molecule has 0 bridgehead atoms. The Morgan fingerprint density at radius 3 is 2.46 bits per heavy atom. The number of carbonyl (C=O) groups is 1.